The fraction of sp³-hybridized carbons (Fsp3) is 0.462. The summed E-state index contributed by atoms with van der Waals surface area (Å²) in [4.78, 5) is 12.7. The standard InChI is InChI=1S/C13H17NO3/c1-10-7-14(9-13(15)16)8-12(17-10)11-5-3-2-4-6-11/h2-6,10,12H,7-9H2,1H3,(H,15,16). The maximum absolute atomic E-state index is 10.7. The van der Waals surface area contributed by atoms with Crippen LogP contribution in [0.5, 0.6) is 0 Å². The molecule has 0 aliphatic carbocycles. The molecule has 92 valence electrons. The first-order chi connectivity index (χ1) is 8.15. The highest BCUT2D eigenvalue weighted by Gasteiger charge is 2.27. The first kappa shape index (κ1) is 12.1. The summed E-state index contributed by atoms with van der Waals surface area (Å²) in [5.74, 6) is -0.786. The quantitative estimate of drug-likeness (QED) is 0.863. The monoisotopic (exact) mass is 235 g/mol. The van der Waals surface area contributed by atoms with Crippen molar-refractivity contribution >= 4 is 5.97 Å². The SMILES string of the molecule is CC1CN(CC(=O)O)CC(c2ccccc2)O1. The van der Waals surface area contributed by atoms with Crippen LogP contribution in [0.25, 0.3) is 0 Å². The molecule has 0 aromatic heterocycles. The van der Waals surface area contributed by atoms with Crippen LogP contribution in [0, 0.1) is 0 Å². The molecule has 4 heteroatoms. The fourth-order valence-corrected chi connectivity index (χ4v) is 2.21. The van der Waals surface area contributed by atoms with Crippen molar-refractivity contribution in [3.05, 3.63) is 35.9 Å². The first-order valence-electron chi connectivity index (χ1n) is 5.79. The number of hydrogen-bond donors (Lipinski definition) is 1. The number of morpholine rings is 1. The number of nitrogens with zero attached hydrogens (tertiary/aromatic N) is 1. The number of rotatable bonds is 3. The lowest BCUT2D eigenvalue weighted by Gasteiger charge is -2.36. The lowest BCUT2D eigenvalue weighted by atomic mass is 10.1. The van der Waals surface area contributed by atoms with Crippen molar-refractivity contribution in [1.82, 2.24) is 4.90 Å². The molecule has 2 rings (SSSR count). The molecule has 0 radical (unpaired) electrons. The van der Waals surface area contributed by atoms with E-state index in [4.69, 9.17) is 9.84 Å². The summed E-state index contributed by atoms with van der Waals surface area (Å²) >= 11 is 0. The van der Waals surface area contributed by atoms with Crippen molar-refractivity contribution in [2.75, 3.05) is 19.6 Å². The Morgan fingerprint density at radius 1 is 1.41 bits per heavy atom. The fourth-order valence-electron chi connectivity index (χ4n) is 2.21. The topological polar surface area (TPSA) is 49.8 Å². The lowest BCUT2D eigenvalue weighted by molar-refractivity contribution is -0.142. The molecule has 1 N–H and O–H groups in total. The summed E-state index contributed by atoms with van der Waals surface area (Å²) in [5.41, 5.74) is 1.11. The number of hydrogen-bond acceptors (Lipinski definition) is 3. The predicted molar refractivity (Wildman–Crippen MR) is 63.8 cm³/mol. The van der Waals surface area contributed by atoms with Crippen molar-refractivity contribution in [2.45, 2.75) is 19.1 Å². The summed E-state index contributed by atoms with van der Waals surface area (Å²) in [6, 6.07) is 9.94. The normalized spacial score (nSPS) is 25.7. The minimum Gasteiger partial charge on any atom is -0.480 e. The van der Waals surface area contributed by atoms with E-state index in [1.807, 2.05) is 42.2 Å². The molecule has 0 bridgehead atoms. The molecule has 4 nitrogen and oxygen atoms in total. The zero-order chi connectivity index (χ0) is 12.3. The van der Waals surface area contributed by atoms with Crippen molar-refractivity contribution in [1.29, 1.82) is 0 Å². The molecule has 1 fully saturated rings. The molecule has 1 aliphatic heterocycles. The van der Waals surface area contributed by atoms with Crippen LogP contribution in [0.2, 0.25) is 0 Å². The van der Waals surface area contributed by atoms with Gasteiger partial charge in [-0.05, 0) is 12.5 Å². The number of carboxylic acids is 1. The van der Waals surface area contributed by atoms with Gasteiger partial charge in [0.1, 0.15) is 0 Å². The molecule has 0 saturated carbocycles. The molecule has 17 heavy (non-hydrogen) atoms. The number of carboxylic acid groups (broad SMARTS) is 1. The van der Waals surface area contributed by atoms with E-state index >= 15 is 0 Å². The van der Waals surface area contributed by atoms with Crippen LogP contribution in [-0.2, 0) is 9.53 Å². The van der Waals surface area contributed by atoms with E-state index < -0.39 is 5.97 Å². The highest BCUT2D eigenvalue weighted by molar-refractivity contribution is 5.69. The Kier molecular flexibility index (Phi) is 3.76. The smallest absolute Gasteiger partial charge is 0.317 e. The van der Waals surface area contributed by atoms with Gasteiger partial charge in [0, 0.05) is 13.1 Å². The number of aliphatic carboxylic acids is 1. The van der Waals surface area contributed by atoms with E-state index in [1.54, 1.807) is 0 Å². The van der Waals surface area contributed by atoms with Gasteiger partial charge in [0.05, 0.1) is 18.8 Å². The molecular weight excluding hydrogens is 218 g/mol. The van der Waals surface area contributed by atoms with Crippen LogP contribution in [0.4, 0.5) is 0 Å². The van der Waals surface area contributed by atoms with Gasteiger partial charge in [0.2, 0.25) is 0 Å². The lowest BCUT2D eigenvalue weighted by Crippen LogP contribution is -2.44. The summed E-state index contributed by atoms with van der Waals surface area (Å²) < 4.78 is 5.85. The predicted octanol–water partition coefficient (Wildman–Crippen LogP) is 1.53. The minimum atomic E-state index is -0.786. The molecule has 2 atom stereocenters. The van der Waals surface area contributed by atoms with Gasteiger partial charge in [-0.2, -0.15) is 0 Å². The molecule has 1 aromatic rings. The second kappa shape index (κ2) is 5.29. The van der Waals surface area contributed by atoms with Crippen LogP contribution in [0.15, 0.2) is 30.3 Å². The molecule has 1 aliphatic rings. The van der Waals surface area contributed by atoms with E-state index in [0.29, 0.717) is 13.1 Å². The number of carbonyl (C=O) groups is 1. The van der Waals surface area contributed by atoms with E-state index in [1.165, 1.54) is 0 Å². The second-order valence-electron chi connectivity index (χ2n) is 4.43. The van der Waals surface area contributed by atoms with Gasteiger partial charge in [-0.3, -0.25) is 9.69 Å². The summed E-state index contributed by atoms with van der Waals surface area (Å²) in [6.45, 7) is 3.37. The van der Waals surface area contributed by atoms with Crippen LogP contribution in [-0.4, -0.2) is 41.7 Å². The van der Waals surface area contributed by atoms with Crippen molar-refractivity contribution in [3.8, 4) is 0 Å². The van der Waals surface area contributed by atoms with Crippen LogP contribution >= 0.6 is 0 Å². The highest BCUT2D eigenvalue weighted by Crippen LogP contribution is 2.24. The van der Waals surface area contributed by atoms with Gasteiger partial charge in [-0.15, -0.1) is 0 Å². The third-order valence-corrected chi connectivity index (χ3v) is 2.87. The summed E-state index contributed by atoms with van der Waals surface area (Å²) in [5, 5.41) is 8.83. The van der Waals surface area contributed by atoms with Crippen molar-refractivity contribution in [3.63, 3.8) is 0 Å². The average Bonchev–Trinajstić information content (AvgIpc) is 2.28. The van der Waals surface area contributed by atoms with Gasteiger partial charge >= 0.3 is 5.97 Å². The zero-order valence-electron chi connectivity index (χ0n) is 9.87. The molecule has 1 saturated heterocycles. The molecule has 1 heterocycles. The van der Waals surface area contributed by atoms with Gasteiger partial charge in [0.25, 0.3) is 0 Å². The molecule has 1 aromatic carbocycles. The maximum Gasteiger partial charge on any atom is 0.317 e. The zero-order valence-corrected chi connectivity index (χ0v) is 9.87. The van der Waals surface area contributed by atoms with Gasteiger partial charge in [-0.25, -0.2) is 0 Å². The van der Waals surface area contributed by atoms with Crippen LogP contribution in [0.1, 0.15) is 18.6 Å². The van der Waals surface area contributed by atoms with E-state index in [9.17, 15) is 4.79 Å². The Labute approximate surface area is 101 Å². The van der Waals surface area contributed by atoms with Crippen molar-refractivity contribution in [2.24, 2.45) is 0 Å². The van der Waals surface area contributed by atoms with Crippen molar-refractivity contribution < 1.29 is 14.6 Å². The van der Waals surface area contributed by atoms with Crippen LogP contribution in [0.3, 0.4) is 0 Å². The molecular formula is C13H17NO3. The Morgan fingerprint density at radius 2 is 2.12 bits per heavy atom. The molecule has 0 amide bonds. The van der Waals surface area contributed by atoms with Crippen LogP contribution < -0.4 is 0 Å². The third-order valence-electron chi connectivity index (χ3n) is 2.87. The van der Waals surface area contributed by atoms with E-state index in [-0.39, 0.29) is 18.8 Å². The molecule has 0 spiro atoms. The summed E-state index contributed by atoms with van der Waals surface area (Å²) in [7, 11) is 0. The van der Waals surface area contributed by atoms with E-state index in [0.717, 1.165) is 5.56 Å². The number of benzene rings is 1. The Hall–Kier alpha value is -1.39. The largest absolute Gasteiger partial charge is 0.480 e. The Bertz CT molecular complexity index is 380. The third kappa shape index (κ3) is 3.28. The van der Waals surface area contributed by atoms with Gasteiger partial charge in [0.15, 0.2) is 0 Å². The van der Waals surface area contributed by atoms with E-state index in [2.05, 4.69) is 0 Å². The molecule has 2 unspecified atom stereocenters. The summed E-state index contributed by atoms with van der Waals surface area (Å²) in [6.07, 6.45) is 0.0348. The Balaban J connectivity index is 2.06. The Morgan fingerprint density at radius 3 is 2.76 bits per heavy atom. The maximum atomic E-state index is 10.7. The van der Waals surface area contributed by atoms with Gasteiger partial charge < -0.3 is 9.84 Å². The minimum absolute atomic E-state index is 0.0284. The first-order valence-corrected chi connectivity index (χ1v) is 5.79. The van der Waals surface area contributed by atoms with Gasteiger partial charge in [-0.1, -0.05) is 30.3 Å². The highest BCUT2D eigenvalue weighted by atomic mass is 16.5. The average molecular weight is 235 g/mol. The number of ether oxygens (including phenoxy) is 1. The second-order valence-corrected chi connectivity index (χ2v) is 4.43.